The lowest BCUT2D eigenvalue weighted by atomic mass is 10.1. The summed E-state index contributed by atoms with van der Waals surface area (Å²) in [6, 6.07) is 7.83. The number of likely N-dealkylation sites (N-methyl/N-ethyl adjacent to an activating group) is 1. The highest BCUT2D eigenvalue weighted by molar-refractivity contribution is 5.80. The van der Waals surface area contributed by atoms with Crippen molar-refractivity contribution in [3.8, 4) is 5.75 Å². The minimum atomic E-state index is 0.273. The second kappa shape index (κ2) is 8.70. The van der Waals surface area contributed by atoms with E-state index in [4.69, 9.17) is 4.74 Å². The van der Waals surface area contributed by atoms with E-state index in [1.165, 1.54) is 0 Å². The number of rotatable bonds is 9. The van der Waals surface area contributed by atoms with Crippen LogP contribution in [0.2, 0.25) is 0 Å². The molecular weight excluding hydrogens is 238 g/mol. The molecule has 0 atom stereocenters. The average molecular weight is 263 g/mol. The molecule has 0 amide bonds. The van der Waals surface area contributed by atoms with Gasteiger partial charge < -0.3 is 9.64 Å². The lowest BCUT2D eigenvalue weighted by Crippen LogP contribution is -2.27. The molecule has 3 nitrogen and oxygen atoms in total. The van der Waals surface area contributed by atoms with E-state index in [9.17, 15) is 4.79 Å². The van der Waals surface area contributed by atoms with Crippen LogP contribution in [-0.2, 0) is 11.2 Å². The van der Waals surface area contributed by atoms with Crippen molar-refractivity contribution >= 4 is 5.78 Å². The first-order chi connectivity index (χ1) is 9.19. The Morgan fingerprint density at radius 2 is 1.74 bits per heavy atom. The molecular formula is C16H25NO2. The van der Waals surface area contributed by atoms with Crippen LogP contribution in [0, 0.1) is 0 Å². The molecule has 106 valence electrons. The fourth-order valence-electron chi connectivity index (χ4n) is 1.89. The molecule has 0 heterocycles. The van der Waals surface area contributed by atoms with Crippen molar-refractivity contribution in [2.45, 2.75) is 33.6 Å². The number of carbonyl (C=O) groups excluding carboxylic acids is 1. The minimum absolute atomic E-state index is 0.273. The molecule has 0 radical (unpaired) electrons. The maximum absolute atomic E-state index is 11.3. The molecule has 0 unspecified atom stereocenters. The highest BCUT2D eigenvalue weighted by Crippen LogP contribution is 2.13. The fourth-order valence-corrected chi connectivity index (χ4v) is 1.89. The van der Waals surface area contributed by atoms with Gasteiger partial charge in [0.15, 0.2) is 0 Å². The van der Waals surface area contributed by atoms with Gasteiger partial charge in [0, 0.05) is 19.4 Å². The molecule has 0 saturated heterocycles. The molecule has 3 heteroatoms. The van der Waals surface area contributed by atoms with Crippen LogP contribution in [-0.4, -0.2) is 36.9 Å². The number of Topliss-reactive ketones (excluding diaryl/α,β-unsaturated/α-hetero) is 1. The molecule has 1 rings (SSSR count). The normalized spacial score (nSPS) is 10.7. The van der Waals surface area contributed by atoms with Gasteiger partial charge in [0.25, 0.3) is 0 Å². The highest BCUT2D eigenvalue weighted by Gasteiger charge is 2.02. The zero-order chi connectivity index (χ0) is 14.1. The molecule has 0 spiro atoms. The first-order valence-electron chi connectivity index (χ1n) is 7.15. The SMILES string of the molecule is CCC(=O)Cc1ccc(OCCN(CC)CC)cc1. The highest BCUT2D eigenvalue weighted by atomic mass is 16.5. The summed E-state index contributed by atoms with van der Waals surface area (Å²) in [6.45, 7) is 9.97. The first-order valence-corrected chi connectivity index (χ1v) is 7.15. The Morgan fingerprint density at radius 1 is 1.11 bits per heavy atom. The number of hydrogen-bond acceptors (Lipinski definition) is 3. The Balaban J connectivity index is 2.37. The van der Waals surface area contributed by atoms with E-state index in [-0.39, 0.29) is 5.78 Å². The Hall–Kier alpha value is -1.35. The van der Waals surface area contributed by atoms with Crippen molar-refractivity contribution in [1.29, 1.82) is 0 Å². The topological polar surface area (TPSA) is 29.5 Å². The predicted molar refractivity (Wildman–Crippen MR) is 78.7 cm³/mol. The summed E-state index contributed by atoms with van der Waals surface area (Å²) in [4.78, 5) is 13.7. The quantitative estimate of drug-likeness (QED) is 0.686. The molecule has 0 aliphatic carbocycles. The van der Waals surface area contributed by atoms with Crippen molar-refractivity contribution in [2.24, 2.45) is 0 Å². The van der Waals surface area contributed by atoms with E-state index in [2.05, 4.69) is 18.7 Å². The third kappa shape index (κ3) is 5.88. The van der Waals surface area contributed by atoms with Crippen LogP contribution < -0.4 is 4.74 Å². The zero-order valence-corrected chi connectivity index (χ0v) is 12.3. The summed E-state index contributed by atoms with van der Waals surface area (Å²) >= 11 is 0. The van der Waals surface area contributed by atoms with Crippen LogP contribution in [0.3, 0.4) is 0 Å². The first kappa shape index (κ1) is 15.7. The van der Waals surface area contributed by atoms with Crippen LogP contribution in [0.25, 0.3) is 0 Å². The van der Waals surface area contributed by atoms with Gasteiger partial charge >= 0.3 is 0 Å². The van der Waals surface area contributed by atoms with E-state index in [0.29, 0.717) is 19.4 Å². The average Bonchev–Trinajstić information content (AvgIpc) is 2.45. The minimum Gasteiger partial charge on any atom is -0.492 e. The van der Waals surface area contributed by atoms with Gasteiger partial charge in [0.05, 0.1) is 0 Å². The smallest absolute Gasteiger partial charge is 0.136 e. The fraction of sp³-hybridized carbons (Fsp3) is 0.562. The third-order valence-corrected chi connectivity index (χ3v) is 3.29. The number of carbonyl (C=O) groups is 1. The molecule has 0 saturated carbocycles. The molecule has 0 fully saturated rings. The van der Waals surface area contributed by atoms with E-state index in [1.807, 2.05) is 31.2 Å². The van der Waals surface area contributed by atoms with Gasteiger partial charge in [-0.15, -0.1) is 0 Å². The Morgan fingerprint density at radius 3 is 2.26 bits per heavy atom. The van der Waals surface area contributed by atoms with Crippen molar-refractivity contribution < 1.29 is 9.53 Å². The lowest BCUT2D eigenvalue weighted by molar-refractivity contribution is -0.118. The molecule has 0 bridgehead atoms. The second-order valence-electron chi connectivity index (χ2n) is 4.59. The summed E-state index contributed by atoms with van der Waals surface area (Å²) in [6.07, 6.45) is 1.12. The number of nitrogens with zero attached hydrogens (tertiary/aromatic N) is 1. The van der Waals surface area contributed by atoms with Crippen LogP contribution >= 0.6 is 0 Å². The summed E-state index contributed by atoms with van der Waals surface area (Å²) in [5, 5.41) is 0. The van der Waals surface area contributed by atoms with Gasteiger partial charge in [-0.05, 0) is 30.8 Å². The van der Waals surface area contributed by atoms with Crippen molar-refractivity contribution in [3.05, 3.63) is 29.8 Å². The summed E-state index contributed by atoms with van der Waals surface area (Å²) in [7, 11) is 0. The van der Waals surface area contributed by atoms with Crippen LogP contribution in [0.5, 0.6) is 5.75 Å². The van der Waals surface area contributed by atoms with E-state index >= 15 is 0 Å². The Bertz CT molecular complexity index is 369. The summed E-state index contributed by atoms with van der Waals surface area (Å²) < 4.78 is 5.70. The molecule has 0 aliphatic heterocycles. The van der Waals surface area contributed by atoms with E-state index in [0.717, 1.165) is 30.9 Å². The largest absolute Gasteiger partial charge is 0.492 e. The molecule has 0 aromatic heterocycles. The van der Waals surface area contributed by atoms with E-state index < -0.39 is 0 Å². The van der Waals surface area contributed by atoms with Gasteiger partial charge in [-0.25, -0.2) is 0 Å². The number of ketones is 1. The van der Waals surface area contributed by atoms with Crippen molar-refractivity contribution in [1.82, 2.24) is 4.90 Å². The van der Waals surface area contributed by atoms with Gasteiger partial charge in [0.2, 0.25) is 0 Å². The third-order valence-electron chi connectivity index (χ3n) is 3.29. The number of benzene rings is 1. The van der Waals surface area contributed by atoms with Crippen molar-refractivity contribution in [2.75, 3.05) is 26.2 Å². The second-order valence-corrected chi connectivity index (χ2v) is 4.59. The standard InChI is InChI=1S/C16H25NO2/c1-4-15(18)13-14-7-9-16(10-8-14)19-12-11-17(5-2)6-3/h7-10H,4-6,11-13H2,1-3H3. The molecule has 0 N–H and O–H groups in total. The zero-order valence-electron chi connectivity index (χ0n) is 12.3. The van der Waals surface area contributed by atoms with Gasteiger partial charge in [-0.1, -0.05) is 32.9 Å². The van der Waals surface area contributed by atoms with Crippen LogP contribution in [0.15, 0.2) is 24.3 Å². The molecule has 0 aliphatic rings. The molecule has 1 aromatic carbocycles. The maximum Gasteiger partial charge on any atom is 0.136 e. The lowest BCUT2D eigenvalue weighted by Gasteiger charge is -2.18. The monoisotopic (exact) mass is 263 g/mol. The predicted octanol–water partition coefficient (Wildman–Crippen LogP) is 2.93. The van der Waals surface area contributed by atoms with E-state index in [1.54, 1.807) is 0 Å². The molecule has 19 heavy (non-hydrogen) atoms. The van der Waals surface area contributed by atoms with Crippen molar-refractivity contribution in [3.63, 3.8) is 0 Å². The Kier molecular flexibility index (Phi) is 7.19. The van der Waals surface area contributed by atoms with Gasteiger partial charge in [-0.3, -0.25) is 4.79 Å². The van der Waals surface area contributed by atoms with Crippen LogP contribution in [0.1, 0.15) is 32.8 Å². The summed E-state index contributed by atoms with van der Waals surface area (Å²) in [5.41, 5.74) is 1.06. The number of ether oxygens (including phenoxy) is 1. The Labute approximate surface area is 116 Å². The van der Waals surface area contributed by atoms with Gasteiger partial charge in [0.1, 0.15) is 18.1 Å². The summed E-state index contributed by atoms with van der Waals surface area (Å²) in [5.74, 6) is 1.15. The van der Waals surface area contributed by atoms with Gasteiger partial charge in [-0.2, -0.15) is 0 Å². The maximum atomic E-state index is 11.3. The molecule has 1 aromatic rings. The number of hydrogen-bond donors (Lipinski definition) is 0. The van der Waals surface area contributed by atoms with Crippen LogP contribution in [0.4, 0.5) is 0 Å².